The van der Waals surface area contributed by atoms with Gasteiger partial charge in [-0.1, -0.05) is 18.2 Å². The van der Waals surface area contributed by atoms with Crippen molar-refractivity contribution < 1.29 is 14.3 Å². The smallest absolute Gasteiger partial charge is 0.254 e. The molecular weight excluding hydrogens is 316 g/mol. The largest absolute Gasteiger partial charge is 0.497 e. The molecule has 1 aliphatic heterocycles. The van der Waals surface area contributed by atoms with Gasteiger partial charge in [0, 0.05) is 25.2 Å². The zero-order valence-corrected chi connectivity index (χ0v) is 14.9. The Hall–Kier alpha value is -2.53. The number of ether oxygens (including phenoxy) is 2. The van der Waals surface area contributed by atoms with Crippen molar-refractivity contribution in [3.8, 4) is 11.5 Å². The predicted molar refractivity (Wildman–Crippen MR) is 97.3 cm³/mol. The molecule has 1 amide bonds. The number of piperazine rings is 1. The summed E-state index contributed by atoms with van der Waals surface area (Å²) in [5.74, 6) is 1.58. The van der Waals surface area contributed by atoms with Crippen LogP contribution in [-0.4, -0.2) is 56.6 Å². The first-order valence-corrected chi connectivity index (χ1v) is 8.40. The van der Waals surface area contributed by atoms with E-state index in [-0.39, 0.29) is 11.9 Å². The van der Waals surface area contributed by atoms with Crippen LogP contribution in [0.4, 0.5) is 0 Å². The maximum absolute atomic E-state index is 12.9. The van der Waals surface area contributed by atoms with Gasteiger partial charge < -0.3 is 14.4 Å². The van der Waals surface area contributed by atoms with Crippen LogP contribution in [0.25, 0.3) is 0 Å². The van der Waals surface area contributed by atoms with Crippen LogP contribution in [0.3, 0.4) is 0 Å². The number of rotatable bonds is 4. The number of likely N-dealkylation sites (N-methyl/N-ethyl adjacent to an activating group) is 1. The van der Waals surface area contributed by atoms with Gasteiger partial charge in [0.25, 0.3) is 5.91 Å². The first-order chi connectivity index (χ1) is 12.1. The molecule has 0 radical (unpaired) electrons. The van der Waals surface area contributed by atoms with Crippen LogP contribution in [0, 0.1) is 0 Å². The first kappa shape index (κ1) is 17.3. The second-order valence-corrected chi connectivity index (χ2v) is 6.26. The Morgan fingerprint density at radius 1 is 1.00 bits per heavy atom. The highest BCUT2D eigenvalue weighted by molar-refractivity contribution is 5.94. The number of hydrogen-bond acceptors (Lipinski definition) is 4. The van der Waals surface area contributed by atoms with Gasteiger partial charge in [-0.15, -0.1) is 0 Å². The fourth-order valence-corrected chi connectivity index (χ4v) is 3.21. The molecule has 0 bridgehead atoms. The lowest BCUT2D eigenvalue weighted by atomic mass is 10.0. The minimum absolute atomic E-state index is 0.0416. The molecule has 0 aromatic heterocycles. The Morgan fingerprint density at radius 2 is 1.68 bits per heavy atom. The van der Waals surface area contributed by atoms with Crippen LogP contribution in [0.2, 0.25) is 0 Å². The number of hydrogen-bond donors (Lipinski definition) is 0. The first-order valence-electron chi connectivity index (χ1n) is 8.40. The standard InChI is InChI=1S/C20H24N2O3/c1-21-10-11-22(20(23)16-7-5-9-18(13-16)25-3)14-19(21)15-6-4-8-17(12-15)24-2/h4-9,12-13,19H,10-11,14H2,1-3H3. The van der Waals surface area contributed by atoms with E-state index >= 15 is 0 Å². The second-order valence-electron chi connectivity index (χ2n) is 6.26. The lowest BCUT2D eigenvalue weighted by molar-refractivity contribution is 0.0545. The van der Waals surface area contributed by atoms with E-state index in [1.807, 2.05) is 41.3 Å². The highest BCUT2D eigenvalue weighted by atomic mass is 16.5. The van der Waals surface area contributed by atoms with Crippen molar-refractivity contribution in [3.63, 3.8) is 0 Å². The average Bonchev–Trinajstić information content (AvgIpc) is 2.68. The zero-order chi connectivity index (χ0) is 17.8. The number of carbonyl (C=O) groups excluding carboxylic acids is 1. The summed E-state index contributed by atoms with van der Waals surface area (Å²) in [5, 5.41) is 0. The summed E-state index contributed by atoms with van der Waals surface area (Å²) in [5.41, 5.74) is 1.82. The van der Waals surface area contributed by atoms with Crippen molar-refractivity contribution in [2.75, 3.05) is 40.9 Å². The van der Waals surface area contributed by atoms with Crippen molar-refractivity contribution in [1.29, 1.82) is 0 Å². The van der Waals surface area contributed by atoms with E-state index in [0.29, 0.717) is 24.4 Å². The van der Waals surface area contributed by atoms with Gasteiger partial charge >= 0.3 is 0 Å². The van der Waals surface area contributed by atoms with E-state index in [9.17, 15) is 4.79 Å². The molecule has 1 heterocycles. The Balaban J connectivity index is 1.80. The number of methoxy groups -OCH3 is 2. The molecule has 3 rings (SSSR count). The van der Waals surface area contributed by atoms with Gasteiger partial charge in [0.15, 0.2) is 0 Å². The minimum atomic E-state index is 0.0416. The van der Waals surface area contributed by atoms with Crippen LogP contribution in [0.5, 0.6) is 11.5 Å². The van der Waals surface area contributed by atoms with Gasteiger partial charge in [-0.2, -0.15) is 0 Å². The molecule has 0 saturated carbocycles. The lowest BCUT2D eigenvalue weighted by Gasteiger charge is -2.39. The summed E-state index contributed by atoms with van der Waals surface area (Å²) in [6.07, 6.45) is 0. The molecule has 1 fully saturated rings. The van der Waals surface area contributed by atoms with Crippen LogP contribution < -0.4 is 9.47 Å². The topological polar surface area (TPSA) is 42.0 Å². The van der Waals surface area contributed by atoms with Crippen LogP contribution in [0.15, 0.2) is 48.5 Å². The molecule has 2 aromatic rings. The summed E-state index contributed by atoms with van der Waals surface area (Å²) in [6.45, 7) is 2.20. The summed E-state index contributed by atoms with van der Waals surface area (Å²) in [6, 6.07) is 15.5. The van der Waals surface area contributed by atoms with Gasteiger partial charge in [-0.3, -0.25) is 9.69 Å². The van der Waals surface area contributed by atoms with Crippen LogP contribution in [-0.2, 0) is 0 Å². The Morgan fingerprint density at radius 3 is 2.40 bits per heavy atom. The number of amides is 1. The normalized spacial score (nSPS) is 18.0. The maximum atomic E-state index is 12.9. The third-order valence-corrected chi connectivity index (χ3v) is 4.73. The monoisotopic (exact) mass is 340 g/mol. The van der Waals surface area contributed by atoms with Gasteiger partial charge in [0.05, 0.1) is 20.3 Å². The van der Waals surface area contributed by atoms with Gasteiger partial charge in [0.2, 0.25) is 0 Å². The summed E-state index contributed by atoms with van der Waals surface area (Å²) >= 11 is 0. The summed E-state index contributed by atoms with van der Waals surface area (Å²) in [7, 11) is 5.37. The Bertz CT molecular complexity index is 747. The van der Waals surface area contributed by atoms with Crippen LogP contribution in [0.1, 0.15) is 22.0 Å². The molecule has 1 atom stereocenters. The zero-order valence-electron chi connectivity index (χ0n) is 14.9. The number of benzene rings is 2. The van der Waals surface area contributed by atoms with E-state index in [1.165, 1.54) is 0 Å². The van der Waals surface area contributed by atoms with Gasteiger partial charge in [-0.05, 0) is 42.9 Å². The van der Waals surface area contributed by atoms with Crippen molar-refractivity contribution >= 4 is 5.91 Å². The molecule has 132 valence electrons. The number of carbonyl (C=O) groups is 1. The highest BCUT2D eigenvalue weighted by Gasteiger charge is 2.29. The molecule has 0 N–H and O–H groups in total. The van der Waals surface area contributed by atoms with Gasteiger partial charge in [0.1, 0.15) is 11.5 Å². The summed E-state index contributed by atoms with van der Waals surface area (Å²) in [4.78, 5) is 17.1. The molecule has 1 aliphatic rings. The molecule has 25 heavy (non-hydrogen) atoms. The second kappa shape index (κ2) is 7.57. The molecule has 5 heteroatoms. The predicted octanol–water partition coefficient (Wildman–Crippen LogP) is 2.83. The molecule has 1 unspecified atom stereocenters. The quantitative estimate of drug-likeness (QED) is 0.858. The van der Waals surface area contributed by atoms with Gasteiger partial charge in [-0.25, -0.2) is 0 Å². The van der Waals surface area contributed by atoms with Crippen molar-refractivity contribution in [2.24, 2.45) is 0 Å². The average molecular weight is 340 g/mol. The fourth-order valence-electron chi connectivity index (χ4n) is 3.21. The minimum Gasteiger partial charge on any atom is -0.497 e. The molecule has 5 nitrogen and oxygen atoms in total. The number of nitrogens with zero attached hydrogens (tertiary/aromatic N) is 2. The molecule has 1 saturated heterocycles. The van der Waals surface area contributed by atoms with Crippen molar-refractivity contribution in [2.45, 2.75) is 6.04 Å². The van der Waals surface area contributed by atoms with E-state index in [2.05, 4.69) is 18.0 Å². The molecule has 0 aliphatic carbocycles. The Labute approximate surface area is 148 Å². The Kier molecular flexibility index (Phi) is 5.24. The maximum Gasteiger partial charge on any atom is 0.254 e. The lowest BCUT2D eigenvalue weighted by Crippen LogP contribution is -2.49. The van der Waals surface area contributed by atoms with Crippen molar-refractivity contribution in [3.05, 3.63) is 59.7 Å². The van der Waals surface area contributed by atoms with E-state index in [1.54, 1.807) is 20.3 Å². The van der Waals surface area contributed by atoms with Crippen LogP contribution >= 0.6 is 0 Å². The molecular formula is C20H24N2O3. The third-order valence-electron chi connectivity index (χ3n) is 4.73. The molecule has 0 spiro atoms. The van der Waals surface area contributed by atoms with E-state index in [0.717, 1.165) is 17.9 Å². The fraction of sp³-hybridized carbons (Fsp3) is 0.350. The molecule has 2 aromatic carbocycles. The van der Waals surface area contributed by atoms with E-state index < -0.39 is 0 Å². The summed E-state index contributed by atoms with van der Waals surface area (Å²) < 4.78 is 10.6. The van der Waals surface area contributed by atoms with Crippen molar-refractivity contribution in [1.82, 2.24) is 9.80 Å². The third kappa shape index (κ3) is 3.77. The SMILES string of the molecule is COc1cccc(C(=O)N2CCN(C)C(c3cccc(OC)c3)C2)c1. The van der Waals surface area contributed by atoms with E-state index in [4.69, 9.17) is 9.47 Å². The highest BCUT2D eigenvalue weighted by Crippen LogP contribution is 2.27.